The van der Waals surface area contributed by atoms with Crippen LogP contribution in [0, 0.1) is 0 Å². The van der Waals surface area contributed by atoms with Gasteiger partial charge in [0.1, 0.15) is 18.7 Å². The maximum absolute atomic E-state index is 12.6. The van der Waals surface area contributed by atoms with Crippen molar-refractivity contribution >= 4 is 18.0 Å². The standard InChI is InChI=1S/C20H20N4O4/c1-22-18(25)15(19(26)23(2)20(22)27)12-14-11-13-5-3-4-6-16(13)21-17(14)24-7-9-28-10-8-24/h3-6,11-12H,7-10H2,1-2H3/p+1. The summed E-state index contributed by atoms with van der Waals surface area (Å²) in [6.45, 7) is 2.56. The van der Waals surface area contributed by atoms with Crippen molar-refractivity contribution in [2.45, 2.75) is 0 Å². The Labute approximate surface area is 160 Å². The van der Waals surface area contributed by atoms with Crippen LogP contribution in [-0.4, -0.2) is 51.0 Å². The predicted molar refractivity (Wildman–Crippen MR) is 104 cm³/mol. The van der Waals surface area contributed by atoms with Gasteiger partial charge < -0.3 is 9.84 Å². The highest BCUT2D eigenvalue weighted by Gasteiger charge is 2.24. The smallest absolute Gasteiger partial charge is 0.333 e. The minimum absolute atomic E-state index is 0.0520. The predicted octanol–water partition coefficient (Wildman–Crippen LogP) is -1.27. The average molecular weight is 381 g/mol. The number of fused-ring (bicyclic) bond motifs is 1. The second kappa shape index (κ2) is 7.05. The summed E-state index contributed by atoms with van der Waals surface area (Å²) in [5.74, 6) is 0.353. The van der Waals surface area contributed by atoms with Crippen LogP contribution >= 0.6 is 0 Å². The molecular weight excluding hydrogens is 360 g/mol. The van der Waals surface area contributed by atoms with Crippen LogP contribution in [0.15, 0.2) is 44.4 Å². The van der Waals surface area contributed by atoms with Gasteiger partial charge in [-0.1, -0.05) is 18.2 Å². The Balaban J connectivity index is 2.01. The maximum Gasteiger partial charge on any atom is 0.333 e. The topological polar surface area (TPSA) is 88.8 Å². The highest BCUT2D eigenvalue weighted by Crippen LogP contribution is 2.16. The van der Waals surface area contributed by atoms with E-state index in [-0.39, 0.29) is 11.4 Å². The highest BCUT2D eigenvalue weighted by atomic mass is 16.5. The Hall–Kier alpha value is -3.26. The van der Waals surface area contributed by atoms with E-state index >= 15 is 0 Å². The molecule has 0 unspecified atom stereocenters. The molecule has 3 heterocycles. The molecule has 0 spiro atoms. The third-order valence-electron chi connectivity index (χ3n) is 5.01. The van der Waals surface area contributed by atoms with Crippen molar-refractivity contribution in [1.82, 2.24) is 9.13 Å². The van der Waals surface area contributed by atoms with Crippen molar-refractivity contribution in [1.29, 1.82) is 0 Å². The van der Waals surface area contributed by atoms with Gasteiger partial charge in [-0.15, -0.1) is 0 Å². The minimum atomic E-state index is -0.579. The Morgan fingerprint density at radius 1 is 1.14 bits per heavy atom. The molecule has 8 heteroatoms. The van der Waals surface area contributed by atoms with Crippen molar-refractivity contribution in [3.8, 4) is 5.88 Å². The maximum atomic E-state index is 12.6. The van der Waals surface area contributed by atoms with E-state index < -0.39 is 11.2 Å². The number of hydrogen-bond acceptors (Lipinski definition) is 4. The van der Waals surface area contributed by atoms with E-state index in [4.69, 9.17) is 9.73 Å². The number of aromatic nitrogens is 2. The van der Waals surface area contributed by atoms with E-state index in [1.807, 2.05) is 30.3 Å². The molecule has 0 saturated carbocycles. The molecule has 4 rings (SSSR count). The lowest BCUT2D eigenvalue weighted by Crippen LogP contribution is -2.39. The lowest BCUT2D eigenvalue weighted by Gasteiger charge is -2.16. The first-order valence-electron chi connectivity index (χ1n) is 9.03. The van der Waals surface area contributed by atoms with Crippen LogP contribution in [0.5, 0.6) is 5.88 Å². The Kier molecular flexibility index (Phi) is 4.56. The third-order valence-corrected chi connectivity index (χ3v) is 5.01. The van der Waals surface area contributed by atoms with E-state index in [9.17, 15) is 14.7 Å². The first-order chi connectivity index (χ1) is 13.5. The Morgan fingerprint density at radius 2 is 1.86 bits per heavy atom. The third kappa shape index (κ3) is 3.01. The molecule has 0 radical (unpaired) electrons. The van der Waals surface area contributed by atoms with Crippen molar-refractivity contribution < 1.29 is 14.4 Å². The van der Waals surface area contributed by atoms with Crippen molar-refractivity contribution in [3.05, 3.63) is 66.8 Å². The molecule has 144 valence electrons. The molecule has 1 saturated heterocycles. The lowest BCUT2D eigenvalue weighted by molar-refractivity contribution is -0.549. The average Bonchev–Trinajstić information content (AvgIpc) is 2.74. The summed E-state index contributed by atoms with van der Waals surface area (Å²) in [6.07, 6.45) is 3.54. The first kappa shape index (κ1) is 18.1. The number of amidine groups is 1. The molecule has 0 atom stereocenters. The van der Waals surface area contributed by atoms with Crippen LogP contribution in [0.25, 0.3) is 12.2 Å². The van der Waals surface area contributed by atoms with Crippen molar-refractivity contribution in [3.63, 3.8) is 0 Å². The molecule has 1 fully saturated rings. The van der Waals surface area contributed by atoms with Gasteiger partial charge in [-0.05, 0) is 23.2 Å². The molecule has 1 N–H and O–H groups in total. The van der Waals surface area contributed by atoms with Crippen LogP contribution in [-0.2, 0) is 18.8 Å². The number of ether oxygens (including phenoxy) is 1. The Bertz CT molecular complexity index is 1260. The van der Waals surface area contributed by atoms with E-state index in [1.54, 1.807) is 6.08 Å². The number of hydrogen-bond donors (Lipinski definition) is 1. The van der Waals surface area contributed by atoms with Gasteiger partial charge in [0.15, 0.2) is 5.36 Å². The number of nitrogens with zero attached hydrogens (tertiary/aromatic N) is 4. The van der Waals surface area contributed by atoms with Crippen LogP contribution in [0.1, 0.15) is 5.56 Å². The van der Waals surface area contributed by atoms with Gasteiger partial charge in [0.2, 0.25) is 5.88 Å². The first-order valence-corrected chi connectivity index (χ1v) is 9.03. The number of aromatic hydroxyl groups is 1. The van der Waals surface area contributed by atoms with E-state index in [1.165, 1.54) is 14.1 Å². The number of para-hydroxylation sites is 1. The number of rotatable bonds is 1. The van der Waals surface area contributed by atoms with Crippen LogP contribution in [0.3, 0.4) is 0 Å². The van der Waals surface area contributed by atoms with Gasteiger partial charge >= 0.3 is 11.5 Å². The van der Waals surface area contributed by atoms with Gasteiger partial charge in [0.25, 0.3) is 5.56 Å². The van der Waals surface area contributed by atoms with Crippen LogP contribution in [0.4, 0.5) is 0 Å². The molecule has 0 amide bonds. The fourth-order valence-corrected chi connectivity index (χ4v) is 3.40. The Morgan fingerprint density at radius 3 is 2.61 bits per heavy atom. The summed E-state index contributed by atoms with van der Waals surface area (Å²) in [7, 11) is 2.82. The normalized spacial score (nSPS) is 17.9. The van der Waals surface area contributed by atoms with E-state index in [2.05, 4.69) is 4.58 Å². The SMILES string of the molecule is Cn1c(O)c(/C=C2\C=c3ccccc3=NC2=[N+]2CCOCC2)c(=O)n(C)c1=O. The summed E-state index contributed by atoms with van der Waals surface area (Å²) >= 11 is 0. The largest absolute Gasteiger partial charge is 0.494 e. The highest BCUT2D eigenvalue weighted by molar-refractivity contribution is 6.08. The fraction of sp³-hybridized carbons (Fsp3) is 0.300. The molecule has 0 bridgehead atoms. The van der Waals surface area contributed by atoms with E-state index in [0.717, 1.165) is 25.5 Å². The second-order valence-corrected chi connectivity index (χ2v) is 6.78. The van der Waals surface area contributed by atoms with Crippen molar-refractivity contribution in [2.75, 3.05) is 26.3 Å². The molecule has 28 heavy (non-hydrogen) atoms. The summed E-state index contributed by atoms with van der Waals surface area (Å²) in [6, 6.07) is 7.73. The molecule has 2 aromatic rings. The van der Waals surface area contributed by atoms with Crippen molar-refractivity contribution in [2.24, 2.45) is 19.1 Å². The molecule has 8 nitrogen and oxygen atoms in total. The molecule has 2 aliphatic heterocycles. The lowest BCUT2D eigenvalue weighted by atomic mass is 10.1. The quantitative estimate of drug-likeness (QED) is 0.624. The zero-order valence-electron chi connectivity index (χ0n) is 15.8. The monoisotopic (exact) mass is 381 g/mol. The zero-order valence-corrected chi connectivity index (χ0v) is 15.8. The summed E-state index contributed by atoms with van der Waals surface area (Å²) in [5, 5.41) is 12.2. The van der Waals surface area contributed by atoms with Crippen LogP contribution < -0.4 is 21.8 Å². The summed E-state index contributed by atoms with van der Waals surface area (Å²) in [5.41, 5.74) is -0.380. The molecule has 1 aromatic heterocycles. The molecule has 2 aliphatic rings. The van der Waals surface area contributed by atoms with Gasteiger partial charge in [-0.3, -0.25) is 18.5 Å². The molecule has 0 aliphatic carbocycles. The zero-order chi connectivity index (χ0) is 19.8. The molecular formula is C20H21N4O4+. The van der Waals surface area contributed by atoms with Gasteiger partial charge in [0, 0.05) is 19.3 Å². The van der Waals surface area contributed by atoms with E-state index in [0.29, 0.717) is 31.9 Å². The van der Waals surface area contributed by atoms with Gasteiger partial charge in [0.05, 0.1) is 18.8 Å². The number of benzene rings is 1. The molecule has 1 aromatic carbocycles. The summed E-state index contributed by atoms with van der Waals surface area (Å²) < 4.78 is 9.57. The van der Waals surface area contributed by atoms with Gasteiger partial charge in [-0.2, -0.15) is 0 Å². The fourth-order valence-electron chi connectivity index (χ4n) is 3.40. The number of morpholine rings is 1. The second-order valence-electron chi connectivity index (χ2n) is 6.78. The van der Waals surface area contributed by atoms with Crippen LogP contribution in [0.2, 0.25) is 0 Å². The minimum Gasteiger partial charge on any atom is -0.494 e. The van der Waals surface area contributed by atoms with Gasteiger partial charge in [-0.25, -0.2) is 4.79 Å². The summed E-state index contributed by atoms with van der Waals surface area (Å²) in [4.78, 5) is 29.4.